The lowest BCUT2D eigenvalue weighted by Gasteiger charge is -2.36. The van der Waals surface area contributed by atoms with Gasteiger partial charge in [-0.3, -0.25) is 0 Å². The highest BCUT2D eigenvalue weighted by Crippen LogP contribution is 2.28. The molecule has 3 nitrogen and oxygen atoms in total. The lowest BCUT2D eigenvalue weighted by molar-refractivity contribution is 0.0313. The summed E-state index contributed by atoms with van der Waals surface area (Å²) in [6, 6.07) is 0.758. The summed E-state index contributed by atoms with van der Waals surface area (Å²) < 4.78 is 5.47. The van der Waals surface area contributed by atoms with Gasteiger partial charge in [0.1, 0.15) is 0 Å². The summed E-state index contributed by atoms with van der Waals surface area (Å²) in [5.74, 6) is 1.75. The molecule has 2 atom stereocenters. The molecule has 2 fully saturated rings. The van der Waals surface area contributed by atoms with E-state index in [1.54, 1.807) is 0 Å². The first-order valence-electron chi connectivity index (χ1n) is 6.72. The molecule has 0 aromatic heterocycles. The van der Waals surface area contributed by atoms with E-state index in [1.807, 2.05) is 0 Å². The van der Waals surface area contributed by atoms with Crippen molar-refractivity contribution in [2.24, 2.45) is 11.8 Å². The molecule has 2 aliphatic heterocycles. The monoisotopic (exact) mass is 226 g/mol. The van der Waals surface area contributed by atoms with Gasteiger partial charge in [0.05, 0.1) is 0 Å². The highest BCUT2D eigenvalue weighted by Gasteiger charge is 2.29. The summed E-state index contributed by atoms with van der Waals surface area (Å²) in [6.07, 6.45) is 5.24. The van der Waals surface area contributed by atoms with Crippen molar-refractivity contribution in [3.05, 3.63) is 0 Å². The van der Waals surface area contributed by atoms with Gasteiger partial charge >= 0.3 is 0 Å². The van der Waals surface area contributed by atoms with E-state index in [0.29, 0.717) is 0 Å². The number of nitrogens with one attached hydrogen (secondary N) is 1. The fourth-order valence-electron chi connectivity index (χ4n) is 3.18. The minimum atomic E-state index is 0.758. The summed E-state index contributed by atoms with van der Waals surface area (Å²) in [4.78, 5) is 2.44. The van der Waals surface area contributed by atoms with Crippen LogP contribution in [0.4, 0.5) is 0 Å². The molecule has 0 radical (unpaired) electrons. The van der Waals surface area contributed by atoms with E-state index in [0.717, 1.165) is 31.1 Å². The first-order chi connectivity index (χ1) is 7.77. The van der Waals surface area contributed by atoms with Crippen LogP contribution in [0.1, 0.15) is 25.7 Å². The first kappa shape index (κ1) is 12.3. The Morgan fingerprint density at radius 1 is 1.25 bits per heavy atom. The molecule has 2 rings (SSSR count). The molecule has 0 aliphatic carbocycles. The van der Waals surface area contributed by atoms with Crippen molar-refractivity contribution in [3.8, 4) is 0 Å². The highest BCUT2D eigenvalue weighted by molar-refractivity contribution is 4.83. The minimum absolute atomic E-state index is 0.758. The molecule has 0 bridgehead atoms. The van der Waals surface area contributed by atoms with Gasteiger partial charge in [-0.15, -0.1) is 0 Å². The molecule has 2 aliphatic rings. The second kappa shape index (κ2) is 5.99. The molecule has 2 unspecified atom stereocenters. The number of hydrogen-bond donors (Lipinski definition) is 1. The normalized spacial score (nSPS) is 29.8. The van der Waals surface area contributed by atoms with Crippen LogP contribution in [0.2, 0.25) is 0 Å². The molecule has 1 N–H and O–H groups in total. The van der Waals surface area contributed by atoms with Gasteiger partial charge in [-0.1, -0.05) is 0 Å². The lowest BCUT2D eigenvalue weighted by atomic mass is 9.84. The van der Waals surface area contributed by atoms with Crippen LogP contribution < -0.4 is 5.32 Å². The van der Waals surface area contributed by atoms with Crippen LogP contribution in [-0.4, -0.2) is 51.3 Å². The van der Waals surface area contributed by atoms with E-state index >= 15 is 0 Å². The van der Waals surface area contributed by atoms with E-state index in [4.69, 9.17) is 4.74 Å². The smallest absolute Gasteiger partial charge is 0.0469 e. The van der Waals surface area contributed by atoms with Crippen molar-refractivity contribution >= 4 is 0 Å². The van der Waals surface area contributed by atoms with Gasteiger partial charge in [-0.05, 0) is 64.7 Å². The maximum atomic E-state index is 5.47. The van der Waals surface area contributed by atoms with Crippen LogP contribution in [-0.2, 0) is 4.74 Å². The Hall–Kier alpha value is -0.120. The van der Waals surface area contributed by atoms with E-state index in [-0.39, 0.29) is 0 Å². The summed E-state index contributed by atoms with van der Waals surface area (Å²) in [5, 5.41) is 3.48. The molecule has 2 heterocycles. The van der Waals surface area contributed by atoms with Crippen molar-refractivity contribution in [1.29, 1.82) is 0 Å². The van der Waals surface area contributed by atoms with Gasteiger partial charge in [0.15, 0.2) is 0 Å². The molecule has 0 saturated carbocycles. The first-order valence-corrected chi connectivity index (χ1v) is 6.72. The Morgan fingerprint density at radius 3 is 2.56 bits per heavy atom. The average Bonchev–Trinajstić information content (AvgIpc) is 2.79. The van der Waals surface area contributed by atoms with Crippen molar-refractivity contribution in [2.75, 3.05) is 40.4 Å². The van der Waals surface area contributed by atoms with Gasteiger partial charge in [-0.25, -0.2) is 0 Å². The van der Waals surface area contributed by atoms with Gasteiger partial charge in [0, 0.05) is 19.3 Å². The standard InChI is InChI=1S/C13H26N2O/c1-15(2)13(9-11-3-6-14-10-11)12-4-7-16-8-5-12/h11-14H,3-10H2,1-2H3. The number of nitrogens with zero attached hydrogens (tertiary/aromatic N) is 1. The summed E-state index contributed by atoms with van der Waals surface area (Å²) in [7, 11) is 4.48. The Bertz CT molecular complexity index is 196. The van der Waals surface area contributed by atoms with Crippen LogP contribution in [0.3, 0.4) is 0 Å². The Morgan fingerprint density at radius 2 is 2.00 bits per heavy atom. The summed E-state index contributed by atoms with van der Waals surface area (Å²) in [5.41, 5.74) is 0. The third-order valence-corrected chi connectivity index (χ3v) is 4.21. The highest BCUT2D eigenvalue weighted by atomic mass is 16.5. The SMILES string of the molecule is CN(C)C(CC1CCNC1)C1CCOCC1. The molecular weight excluding hydrogens is 200 g/mol. The number of ether oxygens (including phenoxy) is 1. The molecule has 0 amide bonds. The van der Waals surface area contributed by atoms with Crippen LogP contribution in [0.5, 0.6) is 0 Å². The molecular formula is C13H26N2O. The second-order valence-electron chi connectivity index (χ2n) is 5.58. The third kappa shape index (κ3) is 3.19. The van der Waals surface area contributed by atoms with Crippen molar-refractivity contribution in [3.63, 3.8) is 0 Å². The fraction of sp³-hybridized carbons (Fsp3) is 1.00. The number of rotatable bonds is 4. The van der Waals surface area contributed by atoms with Gasteiger partial charge < -0.3 is 15.0 Å². The molecule has 0 spiro atoms. The Kier molecular flexibility index (Phi) is 4.62. The Balaban J connectivity index is 1.87. The van der Waals surface area contributed by atoms with Crippen LogP contribution in [0.25, 0.3) is 0 Å². The van der Waals surface area contributed by atoms with Crippen molar-refractivity contribution < 1.29 is 4.74 Å². The lowest BCUT2D eigenvalue weighted by Crippen LogP contribution is -2.39. The Labute approximate surface area is 99.5 Å². The predicted octanol–water partition coefficient (Wildman–Crippen LogP) is 1.34. The zero-order valence-electron chi connectivity index (χ0n) is 10.7. The summed E-state index contributed by atoms with van der Waals surface area (Å²) >= 11 is 0. The van der Waals surface area contributed by atoms with E-state index in [2.05, 4.69) is 24.3 Å². The van der Waals surface area contributed by atoms with E-state index in [9.17, 15) is 0 Å². The van der Waals surface area contributed by atoms with Crippen LogP contribution in [0, 0.1) is 11.8 Å². The zero-order valence-corrected chi connectivity index (χ0v) is 10.7. The largest absolute Gasteiger partial charge is 0.381 e. The molecule has 16 heavy (non-hydrogen) atoms. The fourth-order valence-corrected chi connectivity index (χ4v) is 3.18. The van der Waals surface area contributed by atoms with Crippen LogP contribution >= 0.6 is 0 Å². The van der Waals surface area contributed by atoms with Gasteiger partial charge in [0.25, 0.3) is 0 Å². The van der Waals surface area contributed by atoms with Gasteiger partial charge in [-0.2, -0.15) is 0 Å². The van der Waals surface area contributed by atoms with E-state index < -0.39 is 0 Å². The predicted molar refractivity (Wildman–Crippen MR) is 66.6 cm³/mol. The average molecular weight is 226 g/mol. The second-order valence-corrected chi connectivity index (χ2v) is 5.58. The molecule has 3 heteroatoms. The quantitative estimate of drug-likeness (QED) is 0.783. The maximum absolute atomic E-state index is 5.47. The number of hydrogen-bond acceptors (Lipinski definition) is 3. The zero-order chi connectivity index (χ0) is 11.4. The maximum Gasteiger partial charge on any atom is 0.0469 e. The third-order valence-electron chi connectivity index (χ3n) is 4.21. The topological polar surface area (TPSA) is 24.5 Å². The van der Waals surface area contributed by atoms with Gasteiger partial charge in [0.2, 0.25) is 0 Å². The molecule has 0 aromatic rings. The minimum Gasteiger partial charge on any atom is -0.381 e. The molecule has 2 saturated heterocycles. The molecule has 0 aromatic carbocycles. The van der Waals surface area contributed by atoms with Crippen molar-refractivity contribution in [2.45, 2.75) is 31.7 Å². The van der Waals surface area contributed by atoms with Crippen molar-refractivity contribution in [1.82, 2.24) is 10.2 Å². The molecule has 94 valence electrons. The van der Waals surface area contributed by atoms with E-state index in [1.165, 1.54) is 38.8 Å². The summed E-state index contributed by atoms with van der Waals surface area (Å²) in [6.45, 7) is 4.39. The van der Waals surface area contributed by atoms with Crippen LogP contribution in [0.15, 0.2) is 0 Å².